The summed E-state index contributed by atoms with van der Waals surface area (Å²) >= 11 is 3.42. The second kappa shape index (κ2) is 5.92. The zero-order valence-corrected chi connectivity index (χ0v) is 14.3. The quantitative estimate of drug-likeness (QED) is 0.852. The molecule has 5 nitrogen and oxygen atoms in total. The summed E-state index contributed by atoms with van der Waals surface area (Å²) < 4.78 is 23.5. The molecule has 1 heterocycles. The van der Waals surface area contributed by atoms with Crippen LogP contribution in [0.1, 0.15) is 21.5 Å². The van der Waals surface area contributed by atoms with Crippen molar-refractivity contribution in [3.63, 3.8) is 0 Å². The number of sulfonamides is 1. The van der Waals surface area contributed by atoms with Gasteiger partial charge >= 0.3 is 0 Å². The van der Waals surface area contributed by atoms with Gasteiger partial charge in [0, 0.05) is 16.2 Å². The maximum Gasteiger partial charge on any atom is 0.258 e. The Kier molecular flexibility index (Phi) is 4.09. The minimum atomic E-state index is -3.76. The lowest BCUT2D eigenvalue weighted by Crippen LogP contribution is -2.27. The highest BCUT2D eigenvalue weighted by molar-refractivity contribution is 9.10. The number of carbonyl (C=O) groups is 1. The highest BCUT2D eigenvalue weighted by Crippen LogP contribution is 2.24. The van der Waals surface area contributed by atoms with Gasteiger partial charge in [0.25, 0.3) is 5.91 Å². The first kappa shape index (κ1) is 15.9. The maximum absolute atomic E-state index is 12.5. The van der Waals surface area contributed by atoms with Crippen LogP contribution < -0.4 is 5.14 Å². The van der Waals surface area contributed by atoms with E-state index in [1.807, 2.05) is 24.3 Å². The van der Waals surface area contributed by atoms with Gasteiger partial charge in [-0.3, -0.25) is 4.79 Å². The molecule has 0 unspecified atom stereocenters. The van der Waals surface area contributed by atoms with Gasteiger partial charge < -0.3 is 4.90 Å². The van der Waals surface area contributed by atoms with Crippen LogP contribution in [0.4, 0.5) is 0 Å². The molecule has 1 amide bonds. The number of hydrogen-bond acceptors (Lipinski definition) is 3. The van der Waals surface area contributed by atoms with Crippen molar-refractivity contribution in [1.29, 1.82) is 0 Å². The van der Waals surface area contributed by atoms with Gasteiger partial charge in [-0.1, -0.05) is 22.0 Å². The zero-order chi connectivity index (χ0) is 16.6. The predicted octanol–water partition coefficient (Wildman–Crippen LogP) is 2.72. The first-order valence-electron chi connectivity index (χ1n) is 6.75. The van der Waals surface area contributed by atoms with E-state index in [1.165, 1.54) is 24.3 Å². The Morgan fingerprint density at radius 3 is 2.48 bits per heavy atom. The minimum absolute atomic E-state index is 0.0162. The van der Waals surface area contributed by atoms with Gasteiger partial charge in [-0.25, -0.2) is 13.6 Å². The first-order valence-corrected chi connectivity index (χ1v) is 9.09. The third kappa shape index (κ3) is 3.36. The van der Waals surface area contributed by atoms with Crippen molar-refractivity contribution in [2.24, 2.45) is 5.14 Å². The van der Waals surface area contributed by atoms with Gasteiger partial charge in [0.1, 0.15) is 0 Å². The summed E-state index contributed by atoms with van der Waals surface area (Å²) in [5, 5.41) is 5.05. The molecule has 0 fully saturated rings. The number of carbonyl (C=O) groups excluding carboxylic acids is 1. The molecule has 7 heteroatoms. The Bertz CT molecular complexity index is 905. The molecular weight excluding hydrogens is 380 g/mol. The summed E-state index contributed by atoms with van der Waals surface area (Å²) in [5.41, 5.74) is 2.51. The molecule has 0 atom stereocenters. The molecule has 2 aromatic carbocycles. The number of halogens is 1. The van der Waals surface area contributed by atoms with Crippen LogP contribution >= 0.6 is 15.9 Å². The smallest absolute Gasteiger partial charge is 0.258 e. The molecule has 0 saturated carbocycles. The van der Waals surface area contributed by atoms with Crippen molar-refractivity contribution >= 4 is 37.9 Å². The molecule has 23 heavy (non-hydrogen) atoms. The SMILES string of the molecule is NS(=O)(=O)c1ccc(C(=O)N2C=Cc3ccc(Br)cc3C2)cc1. The summed E-state index contributed by atoms with van der Waals surface area (Å²) in [4.78, 5) is 14.1. The van der Waals surface area contributed by atoms with Crippen molar-refractivity contribution in [3.8, 4) is 0 Å². The number of nitrogens with two attached hydrogens (primary N) is 1. The Hall–Kier alpha value is -1.96. The number of nitrogens with zero attached hydrogens (tertiary/aromatic N) is 1. The van der Waals surface area contributed by atoms with E-state index in [0.29, 0.717) is 12.1 Å². The minimum Gasteiger partial charge on any atom is -0.311 e. The van der Waals surface area contributed by atoms with E-state index in [4.69, 9.17) is 5.14 Å². The van der Waals surface area contributed by atoms with Crippen LogP contribution in [0.5, 0.6) is 0 Å². The monoisotopic (exact) mass is 392 g/mol. The summed E-state index contributed by atoms with van der Waals surface area (Å²) in [6.45, 7) is 0.459. The lowest BCUT2D eigenvalue weighted by Gasteiger charge is -2.24. The van der Waals surface area contributed by atoms with E-state index in [0.717, 1.165) is 15.6 Å². The van der Waals surface area contributed by atoms with Crippen molar-refractivity contribution < 1.29 is 13.2 Å². The van der Waals surface area contributed by atoms with Gasteiger partial charge in [0.2, 0.25) is 10.0 Å². The fourth-order valence-electron chi connectivity index (χ4n) is 2.37. The van der Waals surface area contributed by atoms with E-state index >= 15 is 0 Å². The van der Waals surface area contributed by atoms with Crippen molar-refractivity contribution in [3.05, 3.63) is 69.8 Å². The lowest BCUT2D eigenvalue weighted by molar-refractivity contribution is 0.0813. The van der Waals surface area contributed by atoms with Crippen molar-refractivity contribution in [1.82, 2.24) is 4.90 Å². The molecule has 0 bridgehead atoms. The summed E-state index contributed by atoms with van der Waals surface area (Å²) in [6, 6.07) is 11.5. The summed E-state index contributed by atoms with van der Waals surface area (Å²) in [6.07, 6.45) is 3.61. The average molecular weight is 393 g/mol. The third-order valence-electron chi connectivity index (χ3n) is 3.57. The Labute approximate surface area is 142 Å². The highest BCUT2D eigenvalue weighted by Gasteiger charge is 2.19. The van der Waals surface area contributed by atoms with E-state index < -0.39 is 10.0 Å². The van der Waals surface area contributed by atoms with E-state index in [9.17, 15) is 13.2 Å². The lowest BCUT2D eigenvalue weighted by atomic mass is 10.0. The largest absolute Gasteiger partial charge is 0.311 e. The fraction of sp³-hybridized carbons (Fsp3) is 0.0625. The van der Waals surface area contributed by atoms with Crippen molar-refractivity contribution in [2.45, 2.75) is 11.4 Å². The second-order valence-electron chi connectivity index (χ2n) is 5.16. The Morgan fingerprint density at radius 2 is 1.83 bits per heavy atom. The van der Waals surface area contributed by atoms with E-state index in [-0.39, 0.29) is 10.8 Å². The molecule has 1 aliphatic heterocycles. The number of amides is 1. The number of benzene rings is 2. The molecule has 0 spiro atoms. The number of fused-ring (bicyclic) bond motifs is 1. The van der Waals surface area contributed by atoms with E-state index in [2.05, 4.69) is 15.9 Å². The number of primary sulfonamides is 1. The van der Waals surface area contributed by atoms with Gasteiger partial charge in [-0.15, -0.1) is 0 Å². The maximum atomic E-state index is 12.5. The molecule has 0 aliphatic carbocycles. The number of rotatable bonds is 2. The molecule has 3 rings (SSSR count). The molecule has 118 valence electrons. The van der Waals surface area contributed by atoms with Gasteiger partial charge in [0.15, 0.2) is 0 Å². The second-order valence-corrected chi connectivity index (χ2v) is 7.64. The fourth-order valence-corrected chi connectivity index (χ4v) is 3.30. The molecule has 2 N–H and O–H groups in total. The standard InChI is InChI=1S/C16H13BrN2O3S/c17-14-4-1-11-7-8-19(10-13(11)9-14)16(20)12-2-5-15(6-3-12)23(18,21)22/h1-9H,10H2,(H2,18,21,22). The Balaban J connectivity index is 1.85. The molecule has 0 radical (unpaired) electrons. The van der Waals surface area contributed by atoms with Gasteiger partial charge in [0.05, 0.1) is 11.4 Å². The normalized spacial score (nSPS) is 13.7. The van der Waals surface area contributed by atoms with Crippen LogP contribution in [-0.4, -0.2) is 19.2 Å². The average Bonchev–Trinajstić information content (AvgIpc) is 2.52. The van der Waals surface area contributed by atoms with Crippen LogP contribution in [0.15, 0.2) is 58.0 Å². The zero-order valence-electron chi connectivity index (χ0n) is 11.9. The Morgan fingerprint density at radius 1 is 1.13 bits per heavy atom. The van der Waals surface area contributed by atoms with Crippen LogP contribution in [0, 0.1) is 0 Å². The highest BCUT2D eigenvalue weighted by atomic mass is 79.9. The van der Waals surface area contributed by atoms with Gasteiger partial charge in [-0.2, -0.15) is 0 Å². The van der Waals surface area contributed by atoms with Crippen LogP contribution in [-0.2, 0) is 16.6 Å². The summed E-state index contributed by atoms with van der Waals surface area (Å²) in [5.74, 6) is -0.201. The molecule has 0 saturated heterocycles. The van der Waals surface area contributed by atoms with Crippen LogP contribution in [0.3, 0.4) is 0 Å². The summed E-state index contributed by atoms with van der Waals surface area (Å²) in [7, 11) is -3.76. The van der Waals surface area contributed by atoms with Gasteiger partial charge in [-0.05, 0) is 53.6 Å². The number of hydrogen-bond donors (Lipinski definition) is 1. The molecular formula is C16H13BrN2O3S. The third-order valence-corrected chi connectivity index (χ3v) is 4.99. The van der Waals surface area contributed by atoms with E-state index in [1.54, 1.807) is 11.1 Å². The molecule has 1 aliphatic rings. The van der Waals surface area contributed by atoms with Crippen LogP contribution in [0.2, 0.25) is 0 Å². The van der Waals surface area contributed by atoms with Crippen LogP contribution in [0.25, 0.3) is 6.08 Å². The first-order chi connectivity index (χ1) is 10.8. The topological polar surface area (TPSA) is 80.5 Å². The molecule has 2 aromatic rings. The molecule has 0 aromatic heterocycles. The predicted molar refractivity (Wildman–Crippen MR) is 90.9 cm³/mol. The van der Waals surface area contributed by atoms with Crippen molar-refractivity contribution in [2.75, 3.05) is 0 Å².